The average molecular weight is 255 g/mol. The zero-order valence-electron chi connectivity index (χ0n) is 10.3. The highest BCUT2D eigenvalue weighted by Crippen LogP contribution is 2.18. The third-order valence-electron chi connectivity index (χ3n) is 2.82. The molecule has 5 nitrogen and oxygen atoms in total. The Kier molecular flexibility index (Phi) is 3.69. The second-order valence-corrected chi connectivity index (χ2v) is 4.01. The standard InChI is InChI=1S/C11H15F2N5/c1-3-7(4-2)14-8-5-6-9-15-16-11(10(12)13)18(9)17-8/h5-7,10H,3-4H2,1-2H3,(H,14,17). The van der Waals surface area contributed by atoms with E-state index in [9.17, 15) is 8.78 Å². The van der Waals surface area contributed by atoms with Crippen LogP contribution in [0, 0.1) is 0 Å². The van der Waals surface area contributed by atoms with Gasteiger partial charge in [-0.05, 0) is 25.0 Å². The van der Waals surface area contributed by atoms with Crippen molar-refractivity contribution in [3.8, 4) is 0 Å². The van der Waals surface area contributed by atoms with Crippen LogP contribution >= 0.6 is 0 Å². The van der Waals surface area contributed by atoms with E-state index in [1.165, 1.54) is 0 Å². The number of alkyl halides is 2. The number of aromatic nitrogens is 4. The largest absolute Gasteiger partial charge is 0.366 e. The van der Waals surface area contributed by atoms with Crippen molar-refractivity contribution < 1.29 is 8.78 Å². The van der Waals surface area contributed by atoms with Crippen molar-refractivity contribution >= 4 is 11.5 Å². The summed E-state index contributed by atoms with van der Waals surface area (Å²) in [6.45, 7) is 4.12. The van der Waals surface area contributed by atoms with E-state index < -0.39 is 12.2 Å². The van der Waals surface area contributed by atoms with Crippen molar-refractivity contribution in [3.05, 3.63) is 18.0 Å². The average Bonchev–Trinajstić information content (AvgIpc) is 2.79. The molecule has 0 atom stereocenters. The molecule has 98 valence electrons. The molecule has 0 unspecified atom stereocenters. The van der Waals surface area contributed by atoms with Crippen LogP contribution in [0.3, 0.4) is 0 Å². The van der Waals surface area contributed by atoms with Gasteiger partial charge in [0.1, 0.15) is 5.82 Å². The van der Waals surface area contributed by atoms with Gasteiger partial charge in [0.25, 0.3) is 6.43 Å². The van der Waals surface area contributed by atoms with Gasteiger partial charge < -0.3 is 5.32 Å². The Morgan fingerprint density at radius 2 is 1.94 bits per heavy atom. The number of hydrogen-bond acceptors (Lipinski definition) is 4. The lowest BCUT2D eigenvalue weighted by atomic mass is 10.2. The van der Waals surface area contributed by atoms with Crippen molar-refractivity contribution in [1.29, 1.82) is 0 Å². The monoisotopic (exact) mass is 255 g/mol. The lowest BCUT2D eigenvalue weighted by molar-refractivity contribution is 0.137. The molecule has 0 aliphatic heterocycles. The van der Waals surface area contributed by atoms with Crippen LogP contribution < -0.4 is 5.32 Å². The van der Waals surface area contributed by atoms with E-state index in [4.69, 9.17) is 0 Å². The molecule has 2 rings (SSSR count). The van der Waals surface area contributed by atoms with Crippen LogP contribution in [-0.2, 0) is 0 Å². The fourth-order valence-corrected chi connectivity index (χ4v) is 1.72. The highest BCUT2D eigenvalue weighted by molar-refractivity contribution is 5.44. The van der Waals surface area contributed by atoms with Gasteiger partial charge in [-0.1, -0.05) is 13.8 Å². The molecule has 0 aromatic carbocycles. The molecule has 0 saturated heterocycles. The second-order valence-electron chi connectivity index (χ2n) is 4.01. The lowest BCUT2D eigenvalue weighted by Crippen LogP contribution is -2.18. The van der Waals surface area contributed by atoms with Gasteiger partial charge in [-0.2, -0.15) is 4.52 Å². The Balaban J connectivity index is 2.33. The first-order valence-electron chi connectivity index (χ1n) is 5.92. The highest BCUT2D eigenvalue weighted by atomic mass is 19.3. The molecule has 0 amide bonds. The number of fused-ring (bicyclic) bond motifs is 1. The molecule has 0 bridgehead atoms. The van der Waals surface area contributed by atoms with E-state index in [0.29, 0.717) is 11.5 Å². The third-order valence-corrected chi connectivity index (χ3v) is 2.82. The Hall–Kier alpha value is -1.79. The summed E-state index contributed by atoms with van der Waals surface area (Å²) in [6.07, 6.45) is -0.795. The SMILES string of the molecule is CCC(CC)Nc1ccc2nnc(C(F)F)n2n1. The summed E-state index contributed by atoms with van der Waals surface area (Å²) in [7, 11) is 0. The number of nitrogens with zero attached hydrogens (tertiary/aromatic N) is 4. The first-order chi connectivity index (χ1) is 8.65. The van der Waals surface area contributed by atoms with Crippen LogP contribution in [0.2, 0.25) is 0 Å². The zero-order chi connectivity index (χ0) is 13.1. The zero-order valence-corrected chi connectivity index (χ0v) is 10.3. The highest BCUT2D eigenvalue weighted by Gasteiger charge is 2.17. The van der Waals surface area contributed by atoms with Gasteiger partial charge in [-0.15, -0.1) is 15.3 Å². The predicted molar refractivity (Wildman–Crippen MR) is 63.7 cm³/mol. The quantitative estimate of drug-likeness (QED) is 0.892. The summed E-state index contributed by atoms with van der Waals surface area (Å²) in [5, 5.41) is 14.4. The molecular formula is C11H15F2N5. The van der Waals surface area contributed by atoms with Crippen molar-refractivity contribution in [2.24, 2.45) is 0 Å². The van der Waals surface area contributed by atoms with E-state index in [2.05, 4.69) is 34.5 Å². The molecule has 1 N–H and O–H groups in total. The Morgan fingerprint density at radius 1 is 1.22 bits per heavy atom. The second kappa shape index (κ2) is 5.24. The van der Waals surface area contributed by atoms with Crippen molar-refractivity contribution in [1.82, 2.24) is 19.8 Å². The first-order valence-corrected chi connectivity index (χ1v) is 5.92. The van der Waals surface area contributed by atoms with Crippen LogP contribution in [0.15, 0.2) is 12.1 Å². The van der Waals surface area contributed by atoms with Gasteiger partial charge in [-0.3, -0.25) is 0 Å². The molecule has 2 aromatic heterocycles. The Morgan fingerprint density at radius 3 is 2.56 bits per heavy atom. The number of hydrogen-bond donors (Lipinski definition) is 1. The lowest BCUT2D eigenvalue weighted by Gasteiger charge is -2.15. The van der Waals surface area contributed by atoms with E-state index in [1.807, 2.05) is 0 Å². The molecule has 0 aliphatic rings. The maximum atomic E-state index is 12.7. The van der Waals surface area contributed by atoms with E-state index in [0.717, 1.165) is 17.4 Å². The molecule has 0 aliphatic carbocycles. The van der Waals surface area contributed by atoms with E-state index in [-0.39, 0.29) is 6.04 Å². The molecule has 0 saturated carbocycles. The summed E-state index contributed by atoms with van der Waals surface area (Å²) < 4.78 is 26.4. The molecule has 2 aromatic rings. The molecule has 7 heteroatoms. The van der Waals surface area contributed by atoms with E-state index >= 15 is 0 Å². The van der Waals surface area contributed by atoms with Gasteiger partial charge >= 0.3 is 0 Å². The fraction of sp³-hybridized carbons (Fsp3) is 0.545. The van der Waals surface area contributed by atoms with Gasteiger partial charge in [0.15, 0.2) is 5.65 Å². The predicted octanol–water partition coefficient (Wildman–Crippen LogP) is 2.66. The summed E-state index contributed by atoms with van der Waals surface area (Å²) in [5.74, 6) is 0.121. The fourth-order valence-electron chi connectivity index (χ4n) is 1.72. The summed E-state index contributed by atoms with van der Waals surface area (Å²) in [4.78, 5) is 0. The van der Waals surface area contributed by atoms with Crippen LogP contribution in [-0.4, -0.2) is 25.9 Å². The third kappa shape index (κ3) is 2.39. The van der Waals surface area contributed by atoms with Crippen LogP contribution in [0.1, 0.15) is 38.9 Å². The summed E-state index contributed by atoms with van der Waals surface area (Å²) in [6, 6.07) is 3.62. The van der Waals surface area contributed by atoms with Gasteiger partial charge in [0.2, 0.25) is 5.82 Å². The summed E-state index contributed by atoms with van der Waals surface area (Å²) in [5.41, 5.74) is 0.320. The number of anilines is 1. The van der Waals surface area contributed by atoms with Gasteiger partial charge in [-0.25, -0.2) is 8.78 Å². The molecule has 0 fully saturated rings. The first kappa shape index (κ1) is 12.7. The van der Waals surface area contributed by atoms with E-state index in [1.54, 1.807) is 12.1 Å². The van der Waals surface area contributed by atoms with Crippen LogP contribution in [0.4, 0.5) is 14.6 Å². The molecule has 18 heavy (non-hydrogen) atoms. The van der Waals surface area contributed by atoms with Gasteiger partial charge in [0.05, 0.1) is 0 Å². The van der Waals surface area contributed by atoms with Crippen LogP contribution in [0.25, 0.3) is 5.65 Å². The van der Waals surface area contributed by atoms with Gasteiger partial charge in [0, 0.05) is 6.04 Å². The number of rotatable bonds is 5. The Bertz CT molecular complexity index is 521. The van der Waals surface area contributed by atoms with Crippen molar-refractivity contribution in [2.75, 3.05) is 5.32 Å². The molecule has 0 spiro atoms. The summed E-state index contributed by atoms with van der Waals surface area (Å²) >= 11 is 0. The normalized spacial score (nSPS) is 11.7. The minimum Gasteiger partial charge on any atom is -0.366 e. The maximum Gasteiger partial charge on any atom is 0.299 e. The van der Waals surface area contributed by atoms with Crippen LogP contribution in [0.5, 0.6) is 0 Å². The maximum absolute atomic E-state index is 12.7. The minimum atomic E-state index is -2.68. The van der Waals surface area contributed by atoms with Crippen molar-refractivity contribution in [3.63, 3.8) is 0 Å². The molecule has 2 heterocycles. The smallest absolute Gasteiger partial charge is 0.299 e. The topological polar surface area (TPSA) is 55.1 Å². The molecule has 0 radical (unpaired) electrons. The molecular weight excluding hydrogens is 240 g/mol. The Labute approximate surface area is 103 Å². The number of halogens is 2. The van der Waals surface area contributed by atoms with Crippen molar-refractivity contribution in [2.45, 2.75) is 39.2 Å². The minimum absolute atomic E-state index is 0.279. The number of nitrogens with one attached hydrogen (secondary N) is 1.